The second-order valence-corrected chi connectivity index (χ2v) is 5.18. The van der Waals surface area contributed by atoms with Gasteiger partial charge in [-0.1, -0.05) is 0 Å². The molecule has 108 valence electrons. The zero-order valence-corrected chi connectivity index (χ0v) is 11.0. The maximum absolute atomic E-state index is 12.1. The van der Waals surface area contributed by atoms with Crippen LogP contribution < -0.4 is 0 Å². The van der Waals surface area contributed by atoms with Gasteiger partial charge in [-0.3, -0.25) is 4.79 Å². The molecular formula is C13H17N3O4. The van der Waals surface area contributed by atoms with Crippen LogP contribution in [0.1, 0.15) is 32.1 Å². The third kappa shape index (κ3) is 3.14. The van der Waals surface area contributed by atoms with Gasteiger partial charge in [0.15, 0.2) is 5.66 Å². The number of carboxylic acid groups (broad SMARTS) is 1. The maximum atomic E-state index is 12.1. The highest BCUT2D eigenvalue weighted by Gasteiger charge is 2.42. The van der Waals surface area contributed by atoms with Gasteiger partial charge in [0, 0.05) is 38.6 Å². The number of β-amino-alcohol motifs (C(OH)–C–C–N with tert-alkyl or cyclic N) is 1. The van der Waals surface area contributed by atoms with E-state index in [-0.39, 0.29) is 25.3 Å². The van der Waals surface area contributed by atoms with E-state index in [2.05, 4.69) is 16.1 Å². The summed E-state index contributed by atoms with van der Waals surface area (Å²) in [6.45, 7) is 0.0709. The second kappa shape index (κ2) is 5.59. The number of carboxylic acids is 1. The molecule has 2 N–H and O–H groups in total. The highest BCUT2D eigenvalue weighted by atomic mass is 16.4. The molecule has 0 aromatic heterocycles. The molecule has 0 aromatic rings. The first kappa shape index (κ1) is 14.5. The summed E-state index contributed by atoms with van der Waals surface area (Å²) in [4.78, 5) is 24.4. The number of aliphatic hydroxyl groups is 1. The molecule has 2 aliphatic rings. The lowest BCUT2D eigenvalue weighted by atomic mass is 10.0. The van der Waals surface area contributed by atoms with Crippen LogP contribution in [-0.2, 0) is 9.59 Å². The second-order valence-electron chi connectivity index (χ2n) is 5.18. The molecule has 0 aromatic carbocycles. The number of carbonyl (C=O) groups is 2. The Hall–Kier alpha value is -1.94. The molecule has 7 heteroatoms. The summed E-state index contributed by atoms with van der Waals surface area (Å²) in [6, 6.07) is -0.938. The average molecular weight is 279 g/mol. The Kier molecular flexibility index (Phi) is 4.04. The van der Waals surface area contributed by atoms with Crippen molar-refractivity contribution in [3.05, 3.63) is 0 Å². The van der Waals surface area contributed by atoms with Crippen molar-refractivity contribution >= 4 is 11.9 Å². The van der Waals surface area contributed by atoms with Gasteiger partial charge in [0.05, 0.1) is 6.10 Å². The molecule has 2 atom stereocenters. The molecule has 1 amide bonds. The standard InChI is InChI=1S/C13H17N3O4/c1-2-3-5-13(14-15-13)6-4-11(18)16-8-9(17)7-10(16)12(19)20/h1,9-10,17H,3-8H2,(H,19,20)/t9-,10-/m0/s1. The van der Waals surface area contributed by atoms with Crippen molar-refractivity contribution < 1.29 is 19.8 Å². The van der Waals surface area contributed by atoms with Crippen molar-refractivity contribution in [2.75, 3.05) is 6.54 Å². The molecule has 7 nitrogen and oxygen atoms in total. The van der Waals surface area contributed by atoms with E-state index in [0.29, 0.717) is 19.3 Å². The van der Waals surface area contributed by atoms with Gasteiger partial charge >= 0.3 is 5.97 Å². The fourth-order valence-corrected chi connectivity index (χ4v) is 2.44. The van der Waals surface area contributed by atoms with Crippen LogP contribution in [0.3, 0.4) is 0 Å². The minimum atomic E-state index is -1.09. The van der Waals surface area contributed by atoms with E-state index in [9.17, 15) is 14.7 Å². The Morgan fingerprint density at radius 1 is 1.40 bits per heavy atom. The maximum Gasteiger partial charge on any atom is 0.326 e. The van der Waals surface area contributed by atoms with Gasteiger partial charge in [0.25, 0.3) is 0 Å². The topological polar surface area (TPSA) is 103 Å². The van der Waals surface area contributed by atoms with E-state index < -0.39 is 23.8 Å². The van der Waals surface area contributed by atoms with Crippen molar-refractivity contribution in [1.29, 1.82) is 0 Å². The Labute approximate surface area is 116 Å². The Morgan fingerprint density at radius 2 is 2.10 bits per heavy atom. The van der Waals surface area contributed by atoms with Gasteiger partial charge < -0.3 is 15.1 Å². The number of aliphatic carboxylic acids is 1. The van der Waals surface area contributed by atoms with E-state index in [1.165, 1.54) is 4.90 Å². The molecule has 2 heterocycles. The fourth-order valence-electron chi connectivity index (χ4n) is 2.44. The third-order valence-corrected chi connectivity index (χ3v) is 3.68. The molecule has 0 spiro atoms. The first-order valence-electron chi connectivity index (χ1n) is 6.55. The summed E-state index contributed by atoms with van der Waals surface area (Å²) in [5, 5.41) is 26.4. The monoisotopic (exact) mass is 279 g/mol. The largest absolute Gasteiger partial charge is 0.480 e. The molecule has 0 aliphatic carbocycles. The minimum Gasteiger partial charge on any atom is -0.480 e. The van der Waals surface area contributed by atoms with Crippen molar-refractivity contribution in [3.8, 4) is 12.3 Å². The summed E-state index contributed by atoms with van der Waals surface area (Å²) in [6.07, 6.45) is 6.25. The van der Waals surface area contributed by atoms with Crippen LogP contribution in [0, 0.1) is 12.3 Å². The van der Waals surface area contributed by atoms with Crippen LogP contribution in [0.15, 0.2) is 10.2 Å². The molecule has 20 heavy (non-hydrogen) atoms. The smallest absolute Gasteiger partial charge is 0.326 e. The van der Waals surface area contributed by atoms with E-state index in [1.54, 1.807) is 0 Å². The number of nitrogens with zero attached hydrogens (tertiary/aromatic N) is 3. The molecule has 0 bridgehead atoms. The van der Waals surface area contributed by atoms with E-state index >= 15 is 0 Å². The molecule has 0 unspecified atom stereocenters. The summed E-state index contributed by atoms with van der Waals surface area (Å²) < 4.78 is 0. The van der Waals surface area contributed by atoms with Gasteiger partial charge in [-0.05, 0) is 0 Å². The molecule has 2 aliphatic heterocycles. The zero-order chi connectivity index (χ0) is 14.8. The van der Waals surface area contributed by atoms with Crippen LogP contribution in [0.2, 0.25) is 0 Å². The van der Waals surface area contributed by atoms with Crippen LogP contribution in [0.4, 0.5) is 0 Å². The first-order chi connectivity index (χ1) is 9.47. The predicted octanol–water partition coefficient (Wildman–Crippen LogP) is 0.388. The number of rotatable bonds is 6. The Bertz CT molecular complexity index is 476. The van der Waals surface area contributed by atoms with Crippen molar-refractivity contribution in [2.45, 2.75) is 49.9 Å². The third-order valence-electron chi connectivity index (χ3n) is 3.68. The summed E-state index contributed by atoms with van der Waals surface area (Å²) in [5.74, 6) is 1.14. The summed E-state index contributed by atoms with van der Waals surface area (Å²) in [7, 11) is 0. The average Bonchev–Trinajstić information content (AvgIpc) is 3.07. The number of terminal acetylenes is 1. The van der Waals surface area contributed by atoms with E-state index in [1.807, 2.05) is 0 Å². The predicted molar refractivity (Wildman–Crippen MR) is 68.6 cm³/mol. The van der Waals surface area contributed by atoms with Crippen LogP contribution in [-0.4, -0.2) is 51.3 Å². The van der Waals surface area contributed by atoms with Gasteiger partial charge in [-0.2, -0.15) is 10.2 Å². The summed E-state index contributed by atoms with van der Waals surface area (Å²) in [5.41, 5.74) is -0.543. The lowest BCUT2D eigenvalue weighted by Gasteiger charge is -2.21. The lowest BCUT2D eigenvalue weighted by Crippen LogP contribution is -2.40. The summed E-state index contributed by atoms with van der Waals surface area (Å²) >= 11 is 0. The van der Waals surface area contributed by atoms with Gasteiger partial charge in [-0.25, -0.2) is 4.79 Å². The van der Waals surface area contributed by atoms with Gasteiger partial charge in [0.2, 0.25) is 5.91 Å². The number of amides is 1. The normalized spacial score (nSPS) is 26.3. The van der Waals surface area contributed by atoms with Crippen molar-refractivity contribution in [3.63, 3.8) is 0 Å². The molecule has 1 fully saturated rings. The molecule has 2 rings (SSSR count). The molecule has 1 saturated heterocycles. The molecule has 0 saturated carbocycles. The number of hydrogen-bond donors (Lipinski definition) is 2. The highest BCUT2D eigenvalue weighted by Crippen LogP contribution is 2.38. The van der Waals surface area contributed by atoms with Crippen molar-refractivity contribution in [2.24, 2.45) is 10.2 Å². The highest BCUT2D eigenvalue weighted by molar-refractivity contribution is 5.84. The minimum absolute atomic E-state index is 0.0709. The van der Waals surface area contributed by atoms with Crippen molar-refractivity contribution in [1.82, 2.24) is 4.90 Å². The van der Waals surface area contributed by atoms with Crippen LogP contribution >= 0.6 is 0 Å². The molecular weight excluding hydrogens is 262 g/mol. The Balaban J connectivity index is 1.86. The SMILES string of the molecule is C#CCCC1(CCC(=O)N2C[C@@H](O)C[C@H]2C(=O)O)N=N1. The van der Waals surface area contributed by atoms with Gasteiger partial charge in [0.1, 0.15) is 6.04 Å². The van der Waals surface area contributed by atoms with Gasteiger partial charge in [-0.15, -0.1) is 12.3 Å². The molecule has 0 radical (unpaired) electrons. The van der Waals surface area contributed by atoms with E-state index in [0.717, 1.165) is 0 Å². The van der Waals surface area contributed by atoms with Crippen LogP contribution in [0.25, 0.3) is 0 Å². The fraction of sp³-hybridized carbons (Fsp3) is 0.692. The number of likely N-dealkylation sites (tertiary alicyclic amines) is 1. The Morgan fingerprint density at radius 3 is 2.65 bits per heavy atom. The number of aliphatic hydroxyl groups excluding tert-OH is 1. The number of hydrogen-bond acceptors (Lipinski definition) is 5. The van der Waals surface area contributed by atoms with Crippen LogP contribution in [0.5, 0.6) is 0 Å². The van der Waals surface area contributed by atoms with E-state index in [4.69, 9.17) is 11.5 Å². The number of carbonyl (C=O) groups excluding carboxylic acids is 1. The first-order valence-corrected chi connectivity index (χ1v) is 6.55. The lowest BCUT2D eigenvalue weighted by molar-refractivity contribution is -0.148. The quantitative estimate of drug-likeness (QED) is 0.686. The zero-order valence-electron chi connectivity index (χ0n) is 11.0.